The molecule has 1 aliphatic rings. The van der Waals surface area contributed by atoms with Gasteiger partial charge in [0, 0.05) is 31.7 Å². The number of amides is 1. The summed E-state index contributed by atoms with van der Waals surface area (Å²) in [7, 11) is 1.56. The number of carbonyl (C=O) groups is 2. The van der Waals surface area contributed by atoms with Gasteiger partial charge in [-0.15, -0.1) is 0 Å². The maximum absolute atomic E-state index is 12.7. The van der Waals surface area contributed by atoms with Gasteiger partial charge in [-0.3, -0.25) is 14.3 Å². The predicted molar refractivity (Wildman–Crippen MR) is 90.7 cm³/mol. The highest BCUT2D eigenvalue weighted by Crippen LogP contribution is 2.38. The molecule has 25 heavy (non-hydrogen) atoms. The second-order valence-electron chi connectivity index (χ2n) is 6.06. The summed E-state index contributed by atoms with van der Waals surface area (Å²) in [6.45, 7) is 3.11. The van der Waals surface area contributed by atoms with Crippen molar-refractivity contribution in [1.29, 1.82) is 0 Å². The van der Waals surface area contributed by atoms with Gasteiger partial charge >= 0.3 is 5.97 Å². The third-order valence-corrected chi connectivity index (χ3v) is 4.65. The van der Waals surface area contributed by atoms with Gasteiger partial charge < -0.3 is 14.7 Å². The Morgan fingerprint density at radius 2 is 2.04 bits per heavy atom. The van der Waals surface area contributed by atoms with E-state index < -0.39 is 11.9 Å². The minimum atomic E-state index is -0.912. The molecule has 0 unspecified atom stereocenters. The molecule has 2 atom stereocenters. The number of hydrogen-bond donors (Lipinski definition) is 1. The van der Waals surface area contributed by atoms with Crippen LogP contribution in [0.1, 0.15) is 28.9 Å². The summed E-state index contributed by atoms with van der Waals surface area (Å²) in [6, 6.07) is 9.02. The number of likely N-dealkylation sites (tertiary alicyclic amines) is 1. The highest BCUT2D eigenvalue weighted by Gasteiger charge is 2.42. The van der Waals surface area contributed by atoms with Crippen LogP contribution in [-0.4, -0.2) is 51.9 Å². The van der Waals surface area contributed by atoms with E-state index in [0.29, 0.717) is 24.5 Å². The Balaban J connectivity index is 1.87. The van der Waals surface area contributed by atoms with Crippen molar-refractivity contribution in [2.24, 2.45) is 5.92 Å². The van der Waals surface area contributed by atoms with Crippen LogP contribution < -0.4 is 4.74 Å². The fraction of sp³-hybridized carbons (Fsp3) is 0.389. The minimum Gasteiger partial charge on any atom is -0.496 e. The lowest BCUT2D eigenvalue weighted by Gasteiger charge is -2.18. The van der Waals surface area contributed by atoms with Crippen LogP contribution in [0.5, 0.6) is 5.75 Å². The maximum Gasteiger partial charge on any atom is 0.308 e. The predicted octanol–water partition coefficient (Wildman–Crippen LogP) is 1.85. The van der Waals surface area contributed by atoms with Gasteiger partial charge in [0.2, 0.25) is 0 Å². The quantitative estimate of drug-likeness (QED) is 0.896. The molecule has 0 bridgehead atoms. The third kappa shape index (κ3) is 3.22. The van der Waals surface area contributed by atoms with E-state index >= 15 is 0 Å². The van der Waals surface area contributed by atoms with E-state index in [1.54, 1.807) is 29.0 Å². The van der Waals surface area contributed by atoms with Crippen LogP contribution in [0.25, 0.3) is 0 Å². The molecule has 3 rings (SSSR count). The largest absolute Gasteiger partial charge is 0.496 e. The van der Waals surface area contributed by atoms with Gasteiger partial charge in [0.1, 0.15) is 11.4 Å². The van der Waals surface area contributed by atoms with Crippen LogP contribution in [0.2, 0.25) is 0 Å². The van der Waals surface area contributed by atoms with Gasteiger partial charge in [-0.2, -0.15) is 5.10 Å². The van der Waals surface area contributed by atoms with Crippen molar-refractivity contribution in [2.75, 3.05) is 20.2 Å². The number of hydrogen-bond acceptors (Lipinski definition) is 4. The number of methoxy groups -OCH3 is 1. The van der Waals surface area contributed by atoms with Crippen molar-refractivity contribution in [3.63, 3.8) is 0 Å². The first kappa shape index (κ1) is 17.0. The van der Waals surface area contributed by atoms with E-state index in [-0.39, 0.29) is 18.4 Å². The molecule has 1 aromatic carbocycles. The van der Waals surface area contributed by atoms with Crippen LogP contribution in [-0.2, 0) is 11.3 Å². The number of carboxylic acids is 1. The van der Waals surface area contributed by atoms with Gasteiger partial charge in [-0.05, 0) is 24.6 Å². The van der Waals surface area contributed by atoms with E-state index in [1.165, 1.54) is 0 Å². The summed E-state index contributed by atoms with van der Waals surface area (Å²) in [5.41, 5.74) is 1.15. The fourth-order valence-corrected chi connectivity index (χ4v) is 3.32. The Labute approximate surface area is 145 Å². The molecule has 0 spiro atoms. The van der Waals surface area contributed by atoms with E-state index in [0.717, 1.165) is 5.56 Å². The molecule has 1 fully saturated rings. The maximum atomic E-state index is 12.7. The second kappa shape index (κ2) is 6.96. The van der Waals surface area contributed by atoms with Crippen molar-refractivity contribution in [2.45, 2.75) is 19.4 Å². The Morgan fingerprint density at radius 3 is 2.68 bits per heavy atom. The molecular formula is C18H21N3O4. The van der Waals surface area contributed by atoms with Crippen LogP contribution in [0.15, 0.2) is 36.5 Å². The van der Waals surface area contributed by atoms with Crippen molar-refractivity contribution in [3.8, 4) is 5.75 Å². The highest BCUT2D eigenvalue weighted by molar-refractivity contribution is 5.93. The van der Waals surface area contributed by atoms with Gasteiger partial charge in [0.15, 0.2) is 0 Å². The summed E-state index contributed by atoms with van der Waals surface area (Å²) in [5, 5.41) is 13.9. The molecule has 1 N–H and O–H groups in total. The van der Waals surface area contributed by atoms with Crippen LogP contribution >= 0.6 is 0 Å². The number of rotatable bonds is 5. The average Bonchev–Trinajstić information content (AvgIpc) is 3.28. The molecule has 1 aromatic heterocycles. The van der Waals surface area contributed by atoms with Crippen LogP contribution in [0, 0.1) is 5.92 Å². The van der Waals surface area contributed by atoms with Crippen LogP contribution in [0.4, 0.5) is 0 Å². The molecule has 7 nitrogen and oxygen atoms in total. The lowest BCUT2D eigenvalue weighted by atomic mass is 9.88. The van der Waals surface area contributed by atoms with E-state index in [1.807, 2.05) is 31.2 Å². The summed E-state index contributed by atoms with van der Waals surface area (Å²) >= 11 is 0. The molecule has 1 aliphatic heterocycles. The molecule has 0 aliphatic carbocycles. The van der Waals surface area contributed by atoms with Crippen molar-refractivity contribution in [3.05, 3.63) is 47.8 Å². The van der Waals surface area contributed by atoms with Gasteiger partial charge in [0.05, 0.1) is 13.0 Å². The lowest BCUT2D eigenvalue weighted by molar-refractivity contribution is -0.141. The Kier molecular flexibility index (Phi) is 4.74. The lowest BCUT2D eigenvalue weighted by Crippen LogP contribution is -2.30. The number of aliphatic carboxylic acids is 1. The standard InChI is InChI=1S/C18H21N3O4/c1-3-21-9-8-15(19-21)17(22)20-10-13(14(11-20)18(23)24)12-6-4-5-7-16(12)25-2/h4-9,13-14H,3,10-11H2,1-2H3,(H,23,24)/t13-,14+/m1/s1. The first-order valence-electron chi connectivity index (χ1n) is 8.23. The van der Waals surface area contributed by atoms with Gasteiger partial charge in [-0.1, -0.05) is 18.2 Å². The van der Waals surface area contributed by atoms with E-state index in [4.69, 9.17) is 4.74 Å². The molecule has 7 heteroatoms. The minimum absolute atomic E-state index is 0.163. The van der Waals surface area contributed by atoms with Gasteiger partial charge in [0.25, 0.3) is 5.91 Å². The molecule has 0 radical (unpaired) electrons. The zero-order chi connectivity index (χ0) is 18.0. The van der Waals surface area contributed by atoms with Crippen molar-refractivity contribution in [1.82, 2.24) is 14.7 Å². The SMILES string of the molecule is CCn1ccc(C(=O)N2C[C@H](C(=O)O)[C@@H](c3ccccc3OC)C2)n1. The number of nitrogens with zero attached hydrogens (tertiary/aromatic N) is 3. The molecule has 132 valence electrons. The first-order chi connectivity index (χ1) is 12.0. The summed E-state index contributed by atoms with van der Waals surface area (Å²) in [6.07, 6.45) is 1.75. The number of benzene rings is 1. The Hall–Kier alpha value is -2.83. The summed E-state index contributed by atoms with van der Waals surface area (Å²) in [4.78, 5) is 26.0. The molecule has 0 saturated carbocycles. The number of carboxylic acid groups (broad SMARTS) is 1. The molecule has 2 heterocycles. The number of ether oxygens (including phenoxy) is 1. The Bertz CT molecular complexity index is 786. The summed E-state index contributed by atoms with van der Waals surface area (Å²) in [5.74, 6) is -1.50. The number of aryl methyl sites for hydroxylation is 1. The smallest absolute Gasteiger partial charge is 0.308 e. The molecule has 1 amide bonds. The fourth-order valence-electron chi connectivity index (χ4n) is 3.32. The monoisotopic (exact) mass is 343 g/mol. The molecule has 1 saturated heterocycles. The first-order valence-corrected chi connectivity index (χ1v) is 8.23. The van der Waals surface area contributed by atoms with E-state index in [9.17, 15) is 14.7 Å². The normalized spacial score (nSPS) is 19.8. The number of aromatic nitrogens is 2. The Morgan fingerprint density at radius 1 is 1.28 bits per heavy atom. The second-order valence-corrected chi connectivity index (χ2v) is 6.06. The average molecular weight is 343 g/mol. The summed E-state index contributed by atoms with van der Waals surface area (Å²) < 4.78 is 7.05. The number of para-hydroxylation sites is 1. The third-order valence-electron chi connectivity index (χ3n) is 4.65. The van der Waals surface area contributed by atoms with E-state index in [2.05, 4.69) is 5.10 Å². The zero-order valence-electron chi connectivity index (χ0n) is 14.3. The van der Waals surface area contributed by atoms with Gasteiger partial charge in [-0.25, -0.2) is 0 Å². The zero-order valence-corrected chi connectivity index (χ0v) is 14.3. The topological polar surface area (TPSA) is 84.7 Å². The number of carbonyl (C=O) groups excluding carboxylic acids is 1. The van der Waals surface area contributed by atoms with Crippen LogP contribution in [0.3, 0.4) is 0 Å². The van der Waals surface area contributed by atoms with Crippen molar-refractivity contribution >= 4 is 11.9 Å². The molecular weight excluding hydrogens is 322 g/mol. The van der Waals surface area contributed by atoms with Crippen molar-refractivity contribution < 1.29 is 19.4 Å². The molecule has 2 aromatic rings. The highest BCUT2D eigenvalue weighted by atomic mass is 16.5.